The topological polar surface area (TPSA) is 60.3 Å². The van der Waals surface area contributed by atoms with E-state index in [2.05, 4.69) is 17.1 Å². The summed E-state index contributed by atoms with van der Waals surface area (Å²) in [4.78, 5) is 32.8. The predicted molar refractivity (Wildman–Crippen MR) is 94.9 cm³/mol. The first-order valence-electron chi connectivity index (χ1n) is 9.24. The number of halogens is 1. The predicted octanol–water partition coefficient (Wildman–Crippen LogP) is 1.17. The molecule has 0 bridgehead atoms. The number of likely N-dealkylation sites (tertiary alicyclic amines) is 2. The van der Waals surface area contributed by atoms with E-state index in [9.17, 15) is 14.0 Å². The van der Waals surface area contributed by atoms with Crippen molar-refractivity contribution < 1.29 is 14.0 Å². The molecule has 144 valence electrons. The van der Waals surface area contributed by atoms with Crippen LogP contribution in [0.4, 0.5) is 9.18 Å². The summed E-state index contributed by atoms with van der Waals surface area (Å²) in [5.74, 6) is 0.697. The fourth-order valence-corrected chi connectivity index (χ4v) is 4.77. The smallest absolute Gasteiger partial charge is 0.319 e. The number of hydrogen-bond acceptors (Lipinski definition) is 3. The minimum Gasteiger partial charge on any atom is -0.331 e. The molecule has 3 amide bonds. The average molecular weight is 365 g/mol. The molecule has 8 heteroatoms. The Morgan fingerprint density at radius 3 is 2.42 bits per heavy atom. The highest BCUT2D eigenvalue weighted by Crippen LogP contribution is 2.43. The van der Waals surface area contributed by atoms with Crippen LogP contribution in [0, 0.1) is 18.4 Å². The number of rotatable bonds is 3. The number of alkyl halides is 1. The van der Waals surface area contributed by atoms with Gasteiger partial charge in [-0.25, -0.2) is 15.8 Å². The van der Waals surface area contributed by atoms with Crippen molar-refractivity contribution in [3.63, 3.8) is 0 Å². The van der Waals surface area contributed by atoms with Crippen molar-refractivity contribution in [3.8, 4) is 0 Å². The van der Waals surface area contributed by atoms with Gasteiger partial charge in [-0.3, -0.25) is 14.5 Å². The molecule has 0 radical (unpaired) electrons. The Morgan fingerprint density at radius 2 is 1.88 bits per heavy atom. The molecule has 1 aliphatic carbocycles. The largest absolute Gasteiger partial charge is 0.331 e. The number of amides is 3. The maximum absolute atomic E-state index is 13.5. The van der Waals surface area contributed by atoms with Gasteiger partial charge in [-0.15, -0.1) is 0 Å². The molecule has 0 spiro atoms. The van der Waals surface area contributed by atoms with Crippen LogP contribution >= 0.6 is 0 Å². The normalized spacial score (nSPS) is 36.1. The minimum absolute atomic E-state index is 0.0249. The molecule has 3 fully saturated rings. The maximum atomic E-state index is 13.5. The molecular formula is C18H28FN5O2. The first-order chi connectivity index (χ1) is 12.2. The van der Waals surface area contributed by atoms with Gasteiger partial charge >= 0.3 is 12.2 Å². The van der Waals surface area contributed by atoms with Crippen molar-refractivity contribution in [2.24, 2.45) is 11.8 Å². The number of nitrogens with one attached hydrogen (secondary N) is 1. The van der Waals surface area contributed by atoms with Gasteiger partial charge in [0.05, 0.1) is 19.5 Å². The number of fused-ring (bicyclic) bond motifs is 1. The molecule has 1 unspecified atom stereocenters. The van der Waals surface area contributed by atoms with Crippen LogP contribution in [-0.2, 0) is 4.79 Å². The number of carbonyl (C=O) groups is 2. The second-order valence-corrected chi connectivity index (χ2v) is 8.41. The molecular weight excluding hydrogens is 337 g/mol. The van der Waals surface area contributed by atoms with E-state index in [1.165, 1.54) is 4.90 Å². The highest BCUT2D eigenvalue weighted by atomic mass is 19.1. The molecule has 1 saturated carbocycles. The van der Waals surface area contributed by atoms with E-state index < -0.39 is 12.3 Å². The SMILES string of the molecule is [C-]#[N+][C@@H]1C[C@H](F)CN1C(=O)CNC1(C)C[C@H]2CN(C(=O)N(C)C)C[C@H]2C1. The van der Waals surface area contributed by atoms with Gasteiger partial charge in [0.25, 0.3) is 0 Å². The van der Waals surface area contributed by atoms with Crippen molar-refractivity contribution in [2.75, 3.05) is 40.3 Å². The molecule has 2 saturated heterocycles. The first-order valence-corrected chi connectivity index (χ1v) is 9.24. The Bertz CT molecular complexity index is 605. The number of urea groups is 1. The second kappa shape index (κ2) is 7.03. The molecule has 0 aromatic carbocycles. The third kappa shape index (κ3) is 3.63. The third-order valence-electron chi connectivity index (χ3n) is 6.01. The van der Waals surface area contributed by atoms with E-state index in [-0.39, 0.29) is 37.0 Å². The summed E-state index contributed by atoms with van der Waals surface area (Å²) in [6.45, 7) is 10.9. The highest BCUT2D eigenvalue weighted by Gasteiger charge is 2.48. The Balaban J connectivity index is 1.51. The molecule has 3 aliphatic rings. The zero-order valence-corrected chi connectivity index (χ0v) is 15.7. The number of carbonyl (C=O) groups excluding carboxylic acids is 2. The summed E-state index contributed by atoms with van der Waals surface area (Å²) in [6.07, 6.45) is 0.188. The fraction of sp³-hybridized carbons (Fsp3) is 0.833. The summed E-state index contributed by atoms with van der Waals surface area (Å²) in [5.41, 5.74) is -0.152. The Labute approximate surface area is 154 Å². The van der Waals surface area contributed by atoms with Crippen molar-refractivity contribution in [2.45, 2.75) is 44.1 Å². The quantitative estimate of drug-likeness (QED) is 0.764. The Kier molecular flexibility index (Phi) is 5.11. The van der Waals surface area contributed by atoms with Crippen molar-refractivity contribution >= 4 is 11.9 Å². The molecule has 3 rings (SSSR count). The van der Waals surface area contributed by atoms with Crippen LogP contribution in [-0.4, -0.2) is 84.8 Å². The minimum atomic E-state index is -1.10. The summed E-state index contributed by atoms with van der Waals surface area (Å²) in [6, 6.07) is 0.0595. The number of nitrogens with zero attached hydrogens (tertiary/aromatic N) is 4. The summed E-state index contributed by atoms with van der Waals surface area (Å²) in [5, 5.41) is 3.36. The van der Waals surface area contributed by atoms with Gasteiger partial charge in [0.1, 0.15) is 6.17 Å². The zero-order valence-electron chi connectivity index (χ0n) is 15.7. The van der Waals surface area contributed by atoms with Crippen molar-refractivity contribution in [1.82, 2.24) is 20.0 Å². The van der Waals surface area contributed by atoms with Crippen molar-refractivity contribution in [1.29, 1.82) is 0 Å². The zero-order chi connectivity index (χ0) is 19.1. The van der Waals surface area contributed by atoms with Crippen LogP contribution in [0.15, 0.2) is 0 Å². The Morgan fingerprint density at radius 1 is 1.27 bits per heavy atom. The lowest BCUT2D eigenvalue weighted by Gasteiger charge is -2.30. The van der Waals surface area contributed by atoms with E-state index in [4.69, 9.17) is 6.57 Å². The molecule has 26 heavy (non-hydrogen) atoms. The maximum Gasteiger partial charge on any atom is 0.319 e. The van der Waals surface area contributed by atoms with Gasteiger partial charge in [0, 0.05) is 32.7 Å². The standard InChI is InChI=1S/C18H28FN5O2/c1-18(21-8-16(25)24-11-14(19)5-15(24)20-2)6-12-9-23(10-13(12)7-18)17(26)22(3)4/h12-15,21H,5-11H2,1,3-4H3/t12-,13+,14-,15-,18?/m0/s1. The van der Waals surface area contributed by atoms with E-state index >= 15 is 0 Å². The van der Waals surface area contributed by atoms with Crippen LogP contribution in [0.2, 0.25) is 0 Å². The Hall–Kier alpha value is -1.88. The molecule has 1 N–H and O–H groups in total. The lowest BCUT2D eigenvalue weighted by molar-refractivity contribution is -0.130. The third-order valence-corrected chi connectivity index (χ3v) is 6.01. The van der Waals surface area contributed by atoms with E-state index in [1.54, 1.807) is 19.0 Å². The van der Waals surface area contributed by atoms with Gasteiger partial charge in [-0.2, -0.15) is 0 Å². The molecule has 2 aliphatic heterocycles. The highest BCUT2D eigenvalue weighted by molar-refractivity contribution is 5.79. The second-order valence-electron chi connectivity index (χ2n) is 8.41. The van der Waals surface area contributed by atoms with Crippen LogP contribution in [0.25, 0.3) is 4.85 Å². The number of hydrogen-bond donors (Lipinski definition) is 1. The fourth-order valence-electron chi connectivity index (χ4n) is 4.77. The van der Waals surface area contributed by atoms with Gasteiger partial charge in [-0.1, -0.05) is 0 Å². The summed E-state index contributed by atoms with van der Waals surface area (Å²) < 4.78 is 13.5. The summed E-state index contributed by atoms with van der Waals surface area (Å²) in [7, 11) is 3.54. The van der Waals surface area contributed by atoms with E-state index in [0.29, 0.717) is 11.8 Å². The van der Waals surface area contributed by atoms with E-state index in [0.717, 1.165) is 25.9 Å². The molecule has 0 aromatic heterocycles. The van der Waals surface area contributed by atoms with Crippen LogP contribution in [0.5, 0.6) is 0 Å². The van der Waals surface area contributed by atoms with Gasteiger partial charge in [-0.05, 0) is 31.6 Å². The monoisotopic (exact) mass is 365 g/mol. The molecule has 0 aromatic rings. The molecule has 5 atom stereocenters. The van der Waals surface area contributed by atoms with Crippen molar-refractivity contribution in [3.05, 3.63) is 11.4 Å². The van der Waals surface area contributed by atoms with Gasteiger partial charge in [0.2, 0.25) is 5.91 Å². The van der Waals surface area contributed by atoms with E-state index in [1.807, 2.05) is 4.90 Å². The van der Waals surface area contributed by atoms with Crippen LogP contribution < -0.4 is 5.32 Å². The molecule has 7 nitrogen and oxygen atoms in total. The molecule has 2 heterocycles. The van der Waals surface area contributed by atoms with Crippen LogP contribution in [0.1, 0.15) is 26.2 Å². The lowest BCUT2D eigenvalue weighted by Crippen LogP contribution is -2.48. The van der Waals surface area contributed by atoms with Gasteiger partial charge in [0.15, 0.2) is 0 Å². The summed E-state index contributed by atoms with van der Waals surface area (Å²) >= 11 is 0. The van der Waals surface area contributed by atoms with Gasteiger partial charge < -0.3 is 15.1 Å². The van der Waals surface area contributed by atoms with Crippen LogP contribution in [0.3, 0.4) is 0 Å². The lowest BCUT2D eigenvalue weighted by atomic mass is 9.98. The average Bonchev–Trinajstić information content (AvgIpc) is 3.22. The first kappa shape index (κ1) is 18.9.